The van der Waals surface area contributed by atoms with Crippen LogP contribution in [0.4, 0.5) is 11.9 Å². The average molecular weight is 1860 g/mol. The van der Waals surface area contributed by atoms with Gasteiger partial charge in [-0.3, -0.25) is 67.0 Å². The molecule has 2 aliphatic rings. The summed E-state index contributed by atoms with van der Waals surface area (Å²) in [5.74, 6) is 0.216. The van der Waals surface area contributed by atoms with Crippen LogP contribution in [0.15, 0.2) is 241 Å². The van der Waals surface area contributed by atoms with Crippen molar-refractivity contribution < 1.29 is 88.6 Å². The number of benzene rings is 8. The Labute approximate surface area is 762 Å². The zero-order valence-electron chi connectivity index (χ0n) is 76.2. The van der Waals surface area contributed by atoms with Crippen molar-refractivity contribution in [3.63, 3.8) is 0 Å². The summed E-state index contributed by atoms with van der Waals surface area (Å²) in [6.07, 6.45) is -7.80. The number of ether oxygens (including phenoxy) is 7. The number of carbonyl (C=O) groups is 2. The molecule has 2 aliphatic heterocycles. The lowest BCUT2D eigenvalue weighted by Crippen LogP contribution is -2.52. The van der Waals surface area contributed by atoms with Gasteiger partial charge in [-0.25, -0.2) is 19.1 Å². The van der Waals surface area contributed by atoms with E-state index in [4.69, 9.17) is 70.1 Å². The molecule has 0 radical (unpaired) electrons. The van der Waals surface area contributed by atoms with Crippen LogP contribution in [0.3, 0.4) is 0 Å². The van der Waals surface area contributed by atoms with Gasteiger partial charge in [-0.05, 0) is 136 Å². The number of methoxy groups -OCH3 is 1. The lowest BCUT2D eigenvalue weighted by Gasteiger charge is -2.44. The summed E-state index contributed by atoms with van der Waals surface area (Å²) >= 11 is 0. The van der Waals surface area contributed by atoms with Crippen LogP contribution in [0, 0.1) is 6.92 Å². The maximum atomic E-state index is 14.8. The molecule has 6 N–H and O–H groups in total. The van der Waals surface area contributed by atoms with Gasteiger partial charge in [0.05, 0.1) is 46.2 Å². The number of phosphoric acid groups is 2. The van der Waals surface area contributed by atoms with Crippen LogP contribution in [-0.2, 0) is 75.8 Å². The molecule has 6 heterocycles. The van der Waals surface area contributed by atoms with Crippen molar-refractivity contribution in [1.29, 1.82) is 0 Å². The number of H-pyrrole nitrogens is 2. The van der Waals surface area contributed by atoms with E-state index < -0.39 is 165 Å². The highest BCUT2D eigenvalue weighted by Gasteiger charge is 2.59. The molecule has 692 valence electrons. The molecule has 0 bridgehead atoms. The van der Waals surface area contributed by atoms with E-state index in [0.29, 0.717) is 50.6 Å². The van der Waals surface area contributed by atoms with Crippen LogP contribution < -0.4 is 36.0 Å². The Morgan fingerprint density at radius 2 is 0.786 bits per heavy atom. The summed E-state index contributed by atoms with van der Waals surface area (Å²) in [6.45, 7) is 26.6. The van der Waals surface area contributed by atoms with Crippen molar-refractivity contribution in [3.05, 3.63) is 302 Å². The number of hydrogen-bond acceptors (Lipinski definition) is 23. The fourth-order valence-electron chi connectivity index (χ4n) is 15.4. The predicted molar refractivity (Wildman–Crippen MR) is 500 cm³/mol. The smallest absolute Gasteiger partial charge is 0.472 e. The first-order valence-electron chi connectivity index (χ1n) is 43.4. The zero-order valence-corrected chi connectivity index (χ0v) is 80.0. The van der Waals surface area contributed by atoms with Gasteiger partial charge in [0, 0.05) is 0 Å². The van der Waals surface area contributed by atoms with Gasteiger partial charge in [-0.15, -0.1) is 0 Å². The molecule has 14 rings (SSSR count). The quantitative estimate of drug-likeness (QED) is 0.00906. The number of nitrogens with one attached hydrogen (secondary N) is 4. The molecule has 0 spiro atoms. The number of carbonyl (C=O) groups excluding carboxylic acids is 2. The Morgan fingerprint density at radius 1 is 0.466 bits per heavy atom. The monoisotopic (exact) mass is 1860 g/mol. The largest absolute Gasteiger partial charge is 0.497 e. The number of nitrogens with zero attached hydrogens (tertiary/aromatic N) is 6. The van der Waals surface area contributed by atoms with Gasteiger partial charge in [0.15, 0.2) is 64.6 Å². The lowest BCUT2D eigenvalue weighted by atomic mass is 9.79. The summed E-state index contributed by atoms with van der Waals surface area (Å²) < 4.78 is 119. The summed E-state index contributed by atoms with van der Waals surface area (Å²) in [5.41, 5.74) is 2.19. The minimum Gasteiger partial charge on any atom is -0.497 e. The number of imidazole rings is 2. The van der Waals surface area contributed by atoms with Gasteiger partial charge >= 0.3 is 15.6 Å². The minimum absolute atomic E-state index is 0.0452. The number of aryl methyl sites for hydroxylation is 1. The number of aromatic amines is 2. The van der Waals surface area contributed by atoms with Crippen molar-refractivity contribution in [2.24, 2.45) is 0 Å². The molecule has 2 saturated heterocycles. The van der Waals surface area contributed by atoms with Crippen molar-refractivity contribution in [2.45, 2.75) is 185 Å². The number of amides is 2. The Hall–Kier alpha value is -10.8. The summed E-state index contributed by atoms with van der Waals surface area (Å²) in [7, 11) is -15.2. The highest BCUT2D eigenvalue weighted by atomic mass is 31.2. The van der Waals surface area contributed by atoms with Crippen molar-refractivity contribution >= 4 is 78.3 Å². The van der Waals surface area contributed by atoms with Gasteiger partial charge in [0.25, 0.3) is 22.9 Å². The van der Waals surface area contributed by atoms with E-state index in [9.17, 15) is 38.1 Å². The molecule has 8 aromatic carbocycles. The molecule has 31 nitrogen and oxygen atoms in total. The van der Waals surface area contributed by atoms with Crippen LogP contribution in [-0.4, -0.2) is 161 Å². The normalized spacial score (nSPS) is 19.1. The fraction of sp³-hybridized carbons (Fsp3) is 0.375. The van der Waals surface area contributed by atoms with Gasteiger partial charge in [-0.1, -0.05) is 257 Å². The molecular weight excluding hydrogens is 1750 g/mol. The van der Waals surface area contributed by atoms with Crippen LogP contribution in [0.2, 0.25) is 36.3 Å². The maximum absolute atomic E-state index is 14.8. The number of fused-ring (bicyclic) bond motifs is 2. The molecule has 2 amide bonds. The Bertz CT molecular complexity index is 6070. The van der Waals surface area contributed by atoms with E-state index in [1.165, 1.54) is 21.8 Å². The number of hydrogen-bond donors (Lipinski definition) is 6. The Kier molecular flexibility index (Phi) is 29.4. The highest BCUT2D eigenvalue weighted by Crippen LogP contribution is 2.54. The third kappa shape index (κ3) is 21.8. The molecule has 35 heteroatoms. The average Bonchev–Trinajstić information content (AvgIpc) is 1.64. The fourth-order valence-corrected chi connectivity index (χ4v) is 19.4. The van der Waals surface area contributed by atoms with Gasteiger partial charge in [-0.2, -0.15) is 9.97 Å². The van der Waals surface area contributed by atoms with E-state index in [0.717, 1.165) is 16.7 Å². The lowest BCUT2D eigenvalue weighted by molar-refractivity contribution is -0.118. The second kappa shape index (κ2) is 39.9. The topological polar surface area (TPSA) is 380 Å². The second-order valence-electron chi connectivity index (χ2n) is 36.2. The van der Waals surface area contributed by atoms with E-state index >= 15 is 0 Å². The number of phosphoric ester groups is 2. The number of aromatic nitrogens is 8. The third-order valence-corrected chi connectivity index (χ3v) is 35.4. The van der Waals surface area contributed by atoms with Crippen LogP contribution in [0.1, 0.15) is 144 Å². The molecule has 131 heavy (non-hydrogen) atoms. The predicted octanol–water partition coefficient (Wildman–Crippen LogP) is 17.4. The first-order valence-corrected chi connectivity index (χ1v) is 52.3. The van der Waals surface area contributed by atoms with Crippen LogP contribution in [0.5, 0.6) is 17.2 Å². The molecular formula is C96H114N10O21P2Si2. The first kappa shape index (κ1) is 96.3. The van der Waals surface area contributed by atoms with Crippen molar-refractivity contribution in [2.75, 3.05) is 57.4 Å². The van der Waals surface area contributed by atoms with E-state index in [-0.39, 0.29) is 46.1 Å². The standard InChI is InChI=1S/C96H114N10O21P2Si2/c1-61(2)64-39-47-73(48-40-64)116-57-77(107)99-91-101-85-79(87(109)103-91)97-59-105(85)89-83(126-130(13,14)93(6,7)8)81(124-95(66-29-21-17-22-30-66,67-31-23-18-24-32-67)70-43-37-63(5)38-44-70)75(122-89)55-120-128(111,112)118-53-54-119-129(113,114)121-56-76-82(125-96(68-33-25-19-26-34-68,69-35-27-20-28-36-69)71-45-51-72(115-12)52-46-71)84(127-131(15,16)94(9,10)11)90(123-76)106-60-98-80-86(106)102-92(104-88(80)110)100-78(108)58-117-74-49-41-65(42-50-74)62(3)4/h17-52,59-62,75-76,81-84,89-90H,53-58H2,1-16H3,(H,111,112)(H,113,114)(H2,99,101,103,107,109)(H2,100,102,104,108,110)/t75-,76-,81-,82-,83?,84?,89?,90?/m1/s1. The number of rotatable bonds is 38. The zero-order chi connectivity index (χ0) is 93.6. The van der Waals surface area contributed by atoms with Gasteiger partial charge in [0.2, 0.25) is 11.9 Å². The van der Waals surface area contributed by atoms with Crippen LogP contribution in [0.25, 0.3) is 22.3 Å². The summed E-state index contributed by atoms with van der Waals surface area (Å²) in [5, 5.41) is 4.34. The van der Waals surface area contributed by atoms with E-state index in [1.54, 1.807) is 43.5 Å². The maximum Gasteiger partial charge on any atom is 0.472 e. The molecule has 10 atom stereocenters. The molecule has 6 unspecified atom stereocenters. The van der Waals surface area contributed by atoms with Crippen molar-refractivity contribution in [3.8, 4) is 17.2 Å². The summed E-state index contributed by atoms with van der Waals surface area (Å²) in [4.78, 5) is 104. The Morgan fingerprint density at radius 3 is 1.11 bits per heavy atom. The Balaban J connectivity index is 0.772. The first-order chi connectivity index (χ1) is 62.3. The third-order valence-electron chi connectivity index (χ3n) is 24.5. The SMILES string of the molecule is COc1ccc(C(O[C@H]2C(O[Si](C)(C)C(C)(C)C)C(n3cnc4c(=O)[nH]c(NC(=O)COc5ccc(C(C)C)cc5)nc43)O[C@@H]2COP(=O)(O)OCCOP(=O)(O)OC[C@H]2OC(n3cnc4c(=O)[nH]c(NC(=O)COc5ccc(C(C)C)cc5)nc43)C(O[Si](C)(C)C(C)(C)C)[C@@H]2OC(c2ccccc2)(c2ccccc2)c2ccc(C)cc2)(c2ccccc2)c2ccccc2)cc1. The minimum atomic E-state index is -5.32. The van der Waals surface area contributed by atoms with Crippen molar-refractivity contribution in [1.82, 2.24) is 39.0 Å². The van der Waals surface area contributed by atoms with E-state index in [2.05, 4.69) is 99.8 Å². The molecule has 4 aromatic heterocycles. The molecule has 0 aliphatic carbocycles. The molecule has 12 aromatic rings. The highest BCUT2D eigenvalue weighted by molar-refractivity contribution is 7.47. The number of anilines is 2. The second-order valence-corrected chi connectivity index (χ2v) is 48.6. The summed E-state index contributed by atoms with van der Waals surface area (Å²) in [6, 6.07) is 67.9. The van der Waals surface area contributed by atoms with Gasteiger partial charge in [0.1, 0.15) is 65.1 Å². The van der Waals surface area contributed by atoms with Crippen LogP contribution >= 0.6 is 15.6 Å². The van der Waals surface area contributed by atoms with Gasteiger partial charge < -0.3 is 51.8 Å². The van der Waals surface area contributed by atoms with E-state index in [1.807, 2.05) is 215 Å². The molecule has 0 saturated carbocycles. The molecule has 2 fully saturated rings.